The van der Waals surface area contributed by atoms with E-state index in [9.17, 15) is 5.11 Å². The molecule has 1 aromatic heterocycles. The molecule has 1 atom stereocenters. The van der Waals surface area contributed by atoms with Gasteiger partial charge in [-0.3, -0.25) is 0 Å². The summed E-state index contributed by atoms with van der Waals surface area (Å²) in [6.07, 6.45) is 4.11. The lowest BCUT2D eigenvalue weighted by Gasteiger charge is -2.21. The molecule has 13 heavy (non-hydrogen) atoms. The smallest absolute Gasteiger partial charge is 0.0947 e. The molecule has 3 heteroatoms. The van der Waals surface area contributed by atoms with Crippen LogP contribution in [0.2, 0.25) is 0 Å². The van der Waals surface area contributed by atoms with Crippen molar-refractivity contribution in [2.75, 3.05) is 6.54 Å². The molecule has 1 aromatic rings. The first-order valence-electron chi connectivity index (χ1n) is 4.58. The topological polar surface area (TPSA) is 45.4 Å². The average Bonchev–Trinajstić information content (AvgIpc) is 2.57. The highest BCUT2D eigenvalue weighted by Gasteiger charge is 2.16. The molecule has 0 aliphatic heterocycles. The maximum Gasteiger partial charge on any atom is 0.0947 e. The summed E-state index contributed by atoms with van der Waals surface area (Å²) in [5.74, 6) is 0. The highest BCUT2D eigenvalue weighted by atomic mass is 16.3. The molecule has 1 heterocycles. The molecule has 0 radical (unpaired) electrons. The molecule has 0 bridgehead atoms. The van der Waals surface area contributed by atoms with E-state index < -0.39 is 5.60 Å². The largest absolute Gasteiger partial charge is 0.472 e. The first-order valence-corrected chi connectivity index (χ1v) is 4.58. The van der Waals surface area contributed by atoms with Crippen molar-refractivity contribution in [1.29, 1.82) is 0 Å². The van der Waals surface area contributed by atoms with Gasteiger partial charge in [0.15, 0.2) is 0 Å². The average molecular weight is 183 g/mol. The first-order chi connectivity index (χ1) is 6.14. The van der Waals surface area contributed by atoms with E-state index in [1.807, 2.05) is 19.9 Å². The Balaban J connectivity index is 2.21. The summed E-state index contributed by atoms with van der Waals surface area (Å²) < 4.78 is 4.92. The van der Waals surface area contributed by atoms with Crippen molar-refractivity contribution in [1.82, 2.24) is 5.32 Å². The zero-order valence-corrected chi connectivity index (χ0v) is 8.21. The van der Waals surface area contributed by atoms with Gasteiger partial charge in [-0.15, -0.1) is 0 Å². The summed E-state index contributed by atoms with van der Waals surface area (Å²) in [6, 6.07) is 1.91. The lowest BCUT2D eigenvalue weighted by molar-refractivity contribution is 0.0555. The fourth-order valence-electron chi connectivity index (χ4n) is 0.994. The van der Waals surface area contributed by atoms with Gasteiger partial charge in [-0.25, -0.2) is 0 Å². The Morgan fingerprint density at radius 3 is 2.92 bits per heavy atom. The molecule has 2 N–H and O–H groups in total. The van der Waals surface area contributed by atoms with Gasteiger partial charge in [-0.2, -0.15) is 0 Å². The predicted molar refractivity (Wildman–Crippen MR) is 51.3 cm³/mol. The van der Waals surface area contributed by atoms with Crippen LogP contribution in [0.25, 0.3) is 0 Å². The molecular weight excluding hydrogens is 166 g/mol. The van der Waals surface area contributed by atoms with Crippen LogP contribution >= 0.6 is 0 Å². The van der Waals surface area contributed by atoms with E-state index in [-0.39, 0.29) is 0 Å². The third kappa shape index (κ3) is 3.61. The molecule has 0 aliphatic rings. The van der Waals surface area contributed by atoms with Gasteiger partial charge in [0, 0.05) is 18.7 Å². The van der Waals surface area contributed by atoms with Gasteiger partial charge >= 0.3 is 0 Å². The van der Waals surface area contributed by atoms with E-state index in [1.54, 1.807) is 12.5 Å². The van der Waals surface area contributed by atoms with Gasteiger partial charge in [-0.1, -0.05) is 6.92 Å². The lowest BCUT2D eigenvalue weighted by atomic mass is 10.0. The second kappa shape index (κ2) is 4.44. The van der Waals surface area contributed by atoms with E-state index in [4.69, 9.17) is 4.42 Å². The van der Waals surface area contributed by atoms with Crippen LogP contribution in [0.3, 0.4) is 0 Å². The minimum atomic E-state index is -0.607. The Labute approximate surface area is 78.8 Å². The van der Waals surface area contributed by atoms with Crippen molar-refractivity contribution >= 4 is 0 Å². The zero-order chi connectivity index (χ0) is 9.73. The summed E-state index contributed by atoms with van der Waals surface area (Å²) in [6.45, 7) is 5.15. The Morgan fingerprint density at radius 2 is 2.38 bits per heavy atom. The number of rotatable bonds is 5. The summed E-state index contributed by atoms with van der Waals surface area (Å²) in [5, 5.41) is 12.8. The van der Waals surface area contributed by atoms with Crippen molar-refractivity contribution in [2.45, 2.75) is 32.4 Å². The van der Waals surface area contributed by atoms with Crippen LogP contribution in [0.5, 0.6) is 0 Å². The van der Waals surface area contributed by atoms with E-state index in [0.29, 0.717) is 6.54 Å². The Bertz CT molecular complexity index is 229. The Hall–Kier alpha value is -0.800. The third-order valence-corrected chi connectivity index (χ3v) is 2.18. The standard InChI is InChI=1S/C10H17NO2/c1-3-10(2,12)8-11-6-9-4-5-13-7-9/h4-5,7,11-12H,3,6,8H2,1-2H3. The van der Waals surface area contributed by atoms with Crippen molar-refractivity contribution in [3.05, 3.63) is 24.2 Å². The van der Waals surface area contributed by atoms with Crippen molar-refractivity contribution in [3.63, 3.8) is 0 Å². The number of aliphatic hydroxyl groups is 1. The monoisotopic (exact) mass is 183 g/mol. The van der Waals surface area contributed by atoms with Crippen molar-refractivity contribution in [2.24, 2.45) is 0 Å². The molecule has 0 spiro atoms. The lowest BCUT2D eigenvalue weighted by Crippen LogP contribution is -2.36. The summed E-state index contributed by atoms with van der Waals surface area (Å²) in [5.41, 5.74) is 0.496. The van der Waals surface area contributed by atoms with Crippen LogP contribution in [0.4, 0.5) is 0 Å². The molecule has 0 fully saturated rings. The van der Waals surface area contributed by atoms with Crippen LogP contribution < -0.4 is 5.32 Å². The van der Waals surface area contributed by atoms with Crippen LogP contribution in [0.1, 0.15) is 25.8 Å². The Morgan fingerprint density at radius 1 is 1.62 bits per heavy atom. The van der Waals surface area contributed by atoms with Crippen LogP contribution in [0, 0.1) is 0 Å². The van der Waals surface area contributed by atoms with E-state index in [2.05, 4.69) is 5.32 Å². The maximum atomic E-state index is 9.67. The molecule has 0 saturated heterocycles. The molecule has 0 aromatic carbocycles. The summed E-state index contributed by atoms with van der Waals surface area (Å²) in [4.78, 5) is 0. The van der Waals surface area contributed by atoms with Gasteiger partial charge in [0.1, 0.15) is 0 Å². The second-order valence-corrected chi connectivity index (χ2v) is 3.59. The van der Waals surface area contributed by atoms with E-state index >= 15 is 0 Å². The highest BCUT2D eigenvalue weighted by molar-refractivity contribution is 5.04. The fourth-order valence-corrected chi connectivity index (χ4v) is 0.994. The van der Waals surface area contributed by atoms with Gasteiger partial charge in [0.2, 0.25) is 0 Å². The van der Waals surface area contributed by atoms with Crippen LogP contribution in [-0.2, 0) is 6.54 Å². The quantitative estimate of drug-likeness (QED) is 0.727. The minimum Gasteiger partial charge on any atom is -0.472 e. The number of hydrogen-bond acceptors (Lipinski definition) is 3. The molecule has 1 rings (SSSR count). The maximum absolute atomic E-state index is 9.67. The Kier molecular flexibility index (Phi) is 3.51. The first kappa shape index (κ1) is 10.3. The zero-order valence-electron chi connectivity index (χ0n) is 8.21. The molecule has 0 aliphatic carbocycles. The van der Waals surface area contributed by atoms with Crippen molar-refractivity contribution < 1.29 is 9.52 Å². The van der Waals surface area contributed by atoms with E-state index in [1.165, 1.54) is 0 Å². The molecule has 0 saturated carbocycles. The highest BCUT2D eigenvalue weighted by Crippen LogP contribution is 2.06. The molecule has 74 valence electrons. The number of furan rings is 1. The molecular formula is C10H17NO2. The van der Waals surface area contributed by atoms with Crippen molar-refractivity contribution in [3.8, 4) is 0 Å². The van der Waals surface area contributed by atoms with Gasteiger partial charge < -0.3 is 14.8 Å². The number of hydrogen-bond donors (Lipinski definition) is 2. The molecule has 3 nitrogen and oxygen atoms in total. The van der Waals surface area contributed by atoms with Gasteiger partial charge in [0.25, 0.3) is 0 Å². The van der Waals surface area contributed by atoms with Crippen LogP contribution in [0.15, 0.2) is 23.0 Å². The summed E-state index contributed by atoms with van der Waals surface area (Å²) >= 11 is 0. The normalized spacial score (nSPS) is 15.6. The third-order valence-electron chi connectivity index (χ3n) is 2.18. The summed E-state index contributed by atoms with van der Waals surface area (Å²) in [7, 11) is 0. The fraction of sp³-hybridized carbons (Fsp3) is 0.600. The van der Waals surface area contributed by atoms with E-state index in [0.717, 1.165) is 18.5 Å². The molecule has 1 unspecified atom stereocenters. The van der Waals surface area contributed by atoms with Gasteiger partial charge in [0.05, 0.1) is 18.1 Å². The van der Waals surface area contributed by atoms with Crippen LogP contribution in [-0.4, -0.2) is 17.3 Å². The SMILES string of the molecule is CCC(C)(O)CNCc1ccoc1. The predicted octanol–water partition coefficient (Wildman–Crippen LogP) is 1.53. The minimum absolute atomic E-state index is 0.606. The number of nitrogens with one attached hydrogen (secondary N) is 1. The molecule has 0 amide bonds. The van der Waals surface area contributed by atoms with Gasteiger partial charge in [-0.05, 0) is 19.4 Å². The second-order valence-electron chi connectivity index (χ2n) is 3.59.